The fourth-order valence-corrected chi connectivity index (χ4v) is 3.03. The zero-order chi connectivity index (χ0) is 15.5. The van der Waals surface area contributed by atoms with Crippen LogP contribution in [0.1, 0.15) is 36.1 Å². The van der Waals surface area contributed by atoms with Gasteiger partial charge in [0, 0.05) is 11.7 Å². The van der Waals surface area contributed by atoms with Crippen LogP contribution in [0.2, 0.25) is 0 Å². The van der Waals surface area contributed by atoms with Crippen LogP contribution in [0.25, 0.3) is 0 Å². The lowest BCUT2D eigenvalue weighted by atomic mass is 9.94. The molecule has 0 spiro atoms. The predicted octanol–water partition coefficient (Wildman–Crippen LogP) is 3.45. The number of hydrogen-bond donors (Lipinski definition) is 2. The molecule has 0 saturated carbocycles. The first kappa shape index (κ1) is 14.8. The van der Waals surface area contributed by atoms with E-state index in [4.69, 9.17) is 5.73 Å². The van der Waals surface area contributed by atoms with E-state index in [0.29, 0.717) is 0 Å². The summed E-state index contributed by atoms with van der Waals surface area (Å²) in [7, 11) is 0. The first-order valence-corrected chi connectivity index (χ1v) is 7.88. The Hall–Kier alpha value is -2.13. The molecule has 0 bridgehead atoms. The van der Waals surface area contributed by atoms with E-state index in [-0.39, 0.29) is 17.9 Å². The summed E-state index contributed by atoms with van der Waals surface area (Å²) in [6.45, 7) is 1.88. The minimum absolute atomic E-state index is 0.0331. The van der Waals surface area contributed by atoms with E-state index in [1.807, 2.05) is 43.3 Å². The summed E-state index contributed by atoms with van der Waals surface area (Å²) >= 11 is 0. The number of anilines is 1. The Morgan fingerprint density at radius 2 is 1.82 bits per heavy atom. The van der Waals surface area contributed by atoms with E-state index in [0.717, 1.165) is 24.1 Å². The average Bonchev–Trinajstić information content (AvgIpc) is 3.02. The minimum atomic E-state index is -0.296. The van der Waals surface area contributed by atoms with E-state index in [1.54, 1.807) is 0 Å². The second kappa shape index (κ2) is 6.32. The molecule has 22 heavy (non-hydrogen) atoms. The van der Waals surface area contributed by atoms with E-state index in [1.165, 1.54) is 17.5 Å². The number of aryl methyl sites for hydroxylation is 2. The normalized spacial score (nSPS) is 15.9. The molecule has 1 amide bonds. The van der Waals surface area contributed by atoms with Crippen molar-refractivity contribution >= 4 is 11.6 Å². The largest absolute Gasteiger partial charge is 0.326 e. The molecule has 2 aromatic rings. The van der Waals surface area contributed by atoms with E-state index in [9.17, 15) is 4.79 Å². The van der Waals surface area contributed by atoms with Gasteiger partial charge in [0.05, 0.1) is 5.92 Å². The molecule has 1 aliphatic carbocycles. The van der Waals surface area contributed by atoms with Crippen LogP contribution < -0.4 is 11.1 Å². The number of benzene rings is 2. The zero-order valence-electron chi connectivity index (χ0n) is 12.9. The molecule has 0 saturated heterocycles. The fourth-order valence-electron chi connectivity index (χ4n) is 3.03. The molecule has 2 unspecified atom stereocenters. The van der Waals surface area contributed by atoms with Gasteiger partial charge in [0.15, 0.2) is 0 Å². The molecular weight excluding hydrogens is 272 g/mol. The molecule has 0 aliphatic heterocycles. The maximum atomic E-state index is 12.4. The Balaban J connectivity index is 1.69. The quantitative estimate of drug-likeness (QED) is 0.907. The van der Waals surface area contributed by atoms with Crippen molar-refractivity contribution in [2.75, 3.05) is 5.32 Å². The number of carbonyl (C=O) groups excluding carboxylic acids is 1. The SMILES string of the molecule is CC(C(=O)Nc1ccc2c(c1)CCC2)C(N)c1ccccc1. The average molecular weight is 294 g/mol. The Labute approximate surface area is 131 Å². The van der Waals surface area contributed by atoms with Crippen LogP contribution in [0.5, 0.6) is 0 Å². The second-order valence-corrected chi connectivity index (χ2v) is 6.05. The number of hydrogen-bond acceptors (Lipinski definition) is 2. The number of carbonyl (C=O) groups is 1. The highest BCUT2D eigenvalue weighted by Crippen LogP contribution is 2.26. The van der Waals surface area contributed by atoms with Crippen molar-refractivity contribution in [2.45, 2.75) is 32.2 Å². The highest BCUT2D eigenvalue weighted by atomic mass is 16.1. The summed E-state index contributed by atoms with van der Waals surface area (Å²) < 4.78 is 0. The molecule has 3 heteroatoms. The molecule has 1 aliphatic rings. The van der Waals surface area contributed by atoms with Gasteiger partial charge < -0.3 is 11.1 Å². The Morgan fingerprint density at radius 1 is 1.09 bits per heavy atom. The third kappa shape index (κ3) is 3.04. The Kier molecular flexibility index (Phi) is 4.25. The third-order valence-corrected chi connectivity index (χ3v) is 4.50. The summed E-state index contributed by atoms with van der Waals surface area (Å²) in [5, 5.41) is 3.00. The number of fused-ring (bicyclic) bond motifs is 1. The van der Waals surface area contributed by atoms with Crippen LogP contribution in [-0.2, 0) is 17.6 Å². The smallest absolute Gasteiger partial charge is 0.229 e. The van der Waals surface area contributed by atoms with Gasteiger partial charge >= 0.3 is 0 Å². The zero-order valence-corrected chi connectivity index (χ0v) is 12.9. The summed E-state index contributed by atoms with van der Waals surface area (Å²) in [6.07, 6.45) is 3.47. The van der Waals surface area contributed by atoms with E-state index < -0.39 is 0 Å². The molecular formula is C19H22N2O. The van der Waals surface area contributed by atoms with Crippen molar-refractivity contribution in [3.05, 3.63) is 65.2 Å². The molecule has 114 valence electrons. The molecule has 2 atom stereocenters. The molecule has 0 heterocycles. The van der Waals surface area contributed by atoms with E-state index >= 15 is 0 Å². The molecule has 3 N–H and O–H groups in total. The molecule has 0 aromatic heterocycles. The van der Waals surface area contributed by atoms with Crippen LogP contribution in [0.15, 0.2) is 48.5 Å². The topological polar surface area (TPSA) is 55.1 Å². The lowest BCUT2D eigenvalue weighted by molar-refractivity contribution is -0.120. The van der Waals surface area contributed by atoms with Crippen LogP contribution in [0.3, 0.4) is 0 Å². The van der Waals surface area contributed by atoms with Gasteiger partial charge in [-0.3, -0.25) is 4.79 Å². The van der Waals surface area contributed by atoms with Gasteiger partial charge in [-0.15, -0.1) is 0 Å². The standard InChI is InChI=1S/C19H22N2O/c1-13(18(20)15-6-3-2-4-7-15)19(22)21-17-11-10-14-8-5-9-16(14)12-17/h2-4,6-7,10-13,18H,5,8-9,20H2,1H3,(H,21,22). The van der Waals surface area contributed by atoms with Crippen molar-refractivity contribution in [3.8, 4) is 0 Å². The van der Waals surface area contributed by atoms with Crippen molar-refractivity contribution in [3.63, 3.8) is 0 Å². The number of nitrogens with two attached hydrogens (primary N) is 1. The molecule has 3 rings (SSSR count). The highest BCUT2D eigenvalue weighted by Gasteiger charge is 2.22. The van der Waals surface area contributed by atoms with Gasteiger partial charge in [0.1, 0.15) is 0 Å². The third-order valence-electron chi connectivity index (χ3n) is 4.50. The molecule has 0 radical (unpaired) electrons. The second-order valence-electron chi connectivity index (χ2n) is 6.05. The monoisotopic (exact) mass is 294 g/mol. The van der Waals surface area contributed by atoms with Gasteiger partial charge in [0.2, 0.25) is 5.91 Å². The van der Waals surface area contributed by atoms with Crippen molar-refractivity contribution in [1.29, 1.82) is 0 Å². The summed E-state index contributed by atoms with van der Waals surface area (Å²) in [5.74, 6) is -0.315. The number of amides is 1. The Morgan fingerprint density at radius 3 is 2.59 bits per heavy atom. The highest BCUT2D eigenvalue weighted by molar-refractivity contribution is 5.93. The summed E-state index contributed by atoms with van der Waals surface area (Å²) in [4.78, 5) is 12.4. The van der Waals surface area contributed by atoms with Crippen LogP contribution >= 0.6 is 0 Å². The van der Waals surface area contributed by atoms with Crippen LogP contribution in [-0.4, -0.2) is 5.91 Å². The fraction of sp³-hybridized carbons (Fsp3) is 0.316. The predicted molar refractivity (Wildman–Crippen MR) is 89.6 cm³/mol. The van der Waals surface area contributed by atoms with E-state index in [2.05, 4.69) is 17.4 Å². The number of rotatable bonds is 4. The Bertz CT molecular complexity index is 666. The van der Waals surface area contributed by atoms with Gasteiger partial charge in [-0.05, 0) is 48.1 Å². The molecule has 0 fully saturated rings. The minimum Gasteiger partial charge on any atom is -0.326 e. The lowest BCUT2D eigenvalue weighted by Crippen LogP contribution is -2.30. The lowest BCUT2D eigenvalue weighted by Gasteiger charge is -2.20. The van der Waals surface area contributed by atoms with Crippen molar-refractivity contribution < 1.29 is 4.79 Å². The van der Waals surface area contributed by atoms with Crippen molar-refractivity contribution in [1.82, 2.24) is 0 Å². The first-order valence-electron chi connectivity index (χ1n) is 7.88. The van der Waals surface area contributed by atoms with Crippen molar-refractivity contribution in [2.24, 2.45) is 11.7 Å². The maximum absolute atomic E-state index is 12.4. The van der Waals surface area contributed by atoms with Crippen LogP contribution in [0.4, 0.5) is 5.69 Å². The summed E-state index contributed by atoms with van der Waals surface area (Å²) in [5.41, 5.74) is 10.8. The van der Waals surface area contributed by atoms with Gasteiger partial charge in [-0.1, -0.05) is 43.3 Å². The molecule has 3 nitrogen and oxygen atoms in total. The maximum Gasteiger partial charge on any atom is 0.229 e. The number of nitrogens with one attached hydrogen (secondary N) is 1. The van der Waals surface area contributed by atoms with Gasteiger partial charge in [0.25, 0.3) is 0 Å². The van der Waals surface area contributed by atoms with Crippen LogP contribution in [0, 0.1) is 5.92 Å². The molecule has 2 aromatic carbocycles. The van der Waals surface area contributed by atoms with Gasteiger partial charge in [-0.25, -0.2) is 0 Å². The first-order chi connectivity index (χ1) is 10.6. The van der Waals surface area contributed by atoms with Gasteiger partial charge in [-0.2, -0.15) is 0 Å². The summed E-state index contributed by atoms with van der Waals surface area (Å²) in [6, 6.07) is 15.7.